The van der Waals surface area contributed by atoms with Crippen molar-refractivity contribution in [3.63, 3.8) is 0 Å². The minimum absolute atomic E-state index is 0.299. The second-order valence-electron chi connectivity index (χ2n) is 8.07. The van der Waals surface area contributed by atoms with Gasteiger partial charge in [0.05, 0.1) is 19.9 Å². The van der Waals surface area contributed by atoms with E-state index in [4.69, 9.17) is 14.2 Å². The number of hydrogen-bond donors (Lipinski definition) is 1. The van der Waals surface area contributed by atoms with E-state index in [9.17, 15) is 4.39 Å². The van der Waals surface area contributed by atoms with Gasteiger partial charge in [0.2, 0.25) is 5.95 Å². The molecule has 1 aromatic heterocycles. The third-order valence-electron chi connectivity index (χ3n) is 6.23. The lowest BCUT2D eigenvalue weighted by Crippen LogP contribution is -2.32. The van der Waals surface area contributed by atoms with Gasteiger partial charge in [-0.3, -0.25) is 0 Å². The molecule has 2 aliphatic rings. The van der Waals surface area contributed by atoms with Crippen LogP contribution in [0.25, 0.3) is 5.70 Å². The van der Waals surface area contributed by atoms with Crippen LogP contribution in [0.4, 0.5) is 10.3 Å². The summed E-state index contributed by atoms with van der Waals surface area (Å²) in [5.41, 5.74) is 4.50. The highest BCUT2D eigenvalue weighted by molar-refractivity contribution is 5.85. The van der Waals surface area contributed by atoms with Crippen molar-refractivity contribution in [2.24, 2.45) is 0 Å². The Morgan fingerprint density at radius 2 is 1.62 bits per heavy atom. The topological polar surface area (TPSA) is 70.4 Å². The number of anilines is 1. The number of rotatable bonds is 4. The summed E-state index contributed by atoms with van der Waals surface area (Å²) < 4.78 is 33.0. The fraction of sp³-hybridized carbons (Fsp3) is 0.154. The zero-order chi connectivity index (χ0) is 23.2. The standard InChI is InChI=1S/C26H21FN4O3/c1-32-18-9-5-16(6-10-18)25-22-23(20-13-19(33-2)11-12-21(20)34-25)30-26-28-14-29-31(26)24(22)15-3-7-17(27)8-4-15/h3-14,24-25H,1-2H3,(H,28,29,30). The summed E-state index contributed by atoms with van der Waals surface area (Å²) in [6.45, 7) is 0. The van der Waals surface area contributed by atoms with Crippen molar-refractivity contribution >= 4 is 11.6 Å². The van der Waals surface area contributed by atoms with Gasteiger partial charge in [0, 0.05) is 11.1 Å². The van der Waals surface area contributed by atoms with E-state index >= 15 is 0 Å². The summed E-state index contributed by atoms with van der Waals surface area (Å²) in [5.74, 6) is 2.49. The zero-order valence-corrected chi connectivity index (χ0v) is 18.5. The van der Waals surface area contributed by atoms with Gasteiger partial charge in [0.1, 0.15) is 41.5 Å². The van der Waals surface area contributed by atoms with Crippen LogP contribution < -0.4 is 19.5 Å². The van der Waals surface area contributed by atoms with Crippen LogP contribution in [0, 0.1) is 5.82 Å². The molecule has 2 aliphatic heterocycles. The molecular weight excluding hydrogens is 435 g/mol. The molecule has 0 saturated carbocycles. The molecule has 0 radical (unpaired) electrons. The lowest BCUT2D eigenvalue weighted by Gasteiger charge is -2.39. The average molecular weight is 456 g/mol. The third-order valence-corrected chi connectivity index (χ3v) is 6.23. The smallest absolute Gasteiger partial charge is 0.226 e. The first-order valence-corrected chi connectivity index (χ1v) is 10.8. The number of ether oxygens (including phenoxy) is 3. The number of hydrogen-bond acceptors (Lipinski definition) is 6. The van der Waals surface area contributed by atoms with Crippen molar-refractivity contribution in [2.75, 3.05) is 19.5 Å². The Hall–Kier alpha value is -4.33. The number of halogens is 1. The molecule has 4 aromatic rings. The van der Waals surface area contributed by atoms with Crippen LogP contribution in [-0.2, 0) is 0 Å². The molecule has 0 bridgehead atoms. The van der Waals surface area contributed by atoms with Gasteiger partial charge in [-0.15, -0.1) is 0 Å². The number of aromatic nitrogens is 3. The fourth-order valence-corrected chi connectivity index (χ4v) is 4.60. The Labute approximate surface area is 195 Å². The molecule has 170 valence electrons. The van der Waals surface area contributed by atoms with E-state index < -0.39 is 6.10 Å². The molecule has 3 aromatic carbocycles. The first kappa shape index (κ1) is 20.3. The number of nitrogens with one attached hydrogen (secondary N) is 1. The Morgan fingerprint density at radius 3 is 2.35 bits per heavy atom. The quantitative estimate of drug-likeness (QED) is 0.466. The van der Waals surface area contributed by atoms with E-state index in [0.717, 1.165) is 39.5 Å². The van der Waals surface area contributed by atoms with Crippen molar-refractivity contribution in [3.05, 3.63) is 101 Å². The van der Waals surface area contributed by atoms with Gasteiger partial charge in [-0.1, -0.05) is 24.3 Å². The third kappa shape index (κ3) is 3.18. The zero-order valence-electron chi connectivity index (χ0n) is 18.5. The van der Waals surface area contributed by atoms with Crippen LogP contribution >= 0.6 is 0 Å². The van der Waals surface area contributed by atoms with E-state index in [1.807, 2.05) is 42.5 Å². The molecule has 0 fully saturated rings. The van der Waals surface area contributed by atoms with Crippen molar-refractivity contribution in [2.45, 2.75) is 12.1 Å². The van der Waals surface area contributed by atoms with Crippen LogP contribution in [0.3, 0.4) is 0 Å². The van der Waals surface area contributed by atoms with Gasteiger partial charge in [-0.05, 0) is 53.6 Å². The molecule has 0 aliphatic carbocycles. The lowest BCUT2D eigenvalue weighted by atomic mass is 9.84. The van der Waals surface area contributed by atoms with Gasteiger partial charge in [-0.25, -0.2) is 9.07 Å². The second-order valence-corrected chi connectivity index (χ2v) is 8.07. The largest absolute Gasteiger partial charge is 0.497 e. The minimum atomic E-state index is -0.429. The normalized spacial score (nSPS) is 18.2. The van der Waals surface area contributed by atoms with Gasteiger partial charge < -0.3 is 19.5 Å². The van der Waals surface area contributed by atoms with Crippen LogP contribution in [0.5, 0.6) is 17.2 Å². The fourth-order valence-electron chi connectivity index (χ4n) is 4.60. The van der Waals surface area contributed by atoms with Gasteiger partial charge in [0.25, 0.3) is 0 Å². The van der Waals surface area contributed by atoms with Gasteiger partial charge >= 0.3 is 0 Å². The summed E-state index contributed by atoms with van der Waals surface area (Å²) in [7, 11) is 3.27. The monoisotopic (exact) mass is 456 g/mol. The summed E-state index contributed by atoms with van der Waals surface area (Å²) in [6, 6.07) is 19.6. The Kier molecular flexibility index (Phi) is 4.72. The van der Waals surface area contributed by atoms with Crippen molar-refractivity contribution in [1.82, 2.24) is 14.8 Å². The Bertz CT molecular complexity index is 1400. The molecular formula is C26H21FN4O3. The van der Waals surface area contributed by atoms with E-state index in [0.29, 0.717) is 11.7 Å². The minimum Gasteiger partial charge on any atom is -0.497 e. The van der Waals surface area contributed by atoms with Crippen LogP contribution in [0.2, 0.25) is 0 Å². The number of methoxy groups -OCH3 is 2. The summed E-state index contributed by atoms with van der Waals surface area (Å²) >= 11 is 0. The first-order chi connectivity index (χ1) is 16.7. The number of fused-ring (bicyclic) bond motifs is 3. The van der Waals surface area contributed by atoms with Gasteiger partial charge in [0.15, 0.2) is 0 Å². The summed E-state index contributed by atoms with van der Waals surface area (Å²) in [4.78, 5) is 4.42. The molecule has 6 rings (SSSR count). The van der Waals surface area contributed by atoms with Crippen LogP contribution in [0.1, 0.15) is 28.8 Å². The van der Waals surface area contributed by atoms with E-state index in [1.54, 1.807) is 31.0 Å². The number of benzene rings is 3. The maximum Gasteiger partial charge on any atom is 0.226 e. The summed E-state index contributed by atoms with van der Waals surface area (Å²) in [5, 5.41) is 7.94. The Balaban J connectivity index is 1.60. The maximum atomic E-state index is 13.8. The lowest BCUT2D eigenvalue weighted by molar-refractivity contribution is 0.222. The highest BCUT2D eigenvalue weighted by Gasteiger charge is 2.41. The Morgan fingerprint density at radius 1 is 0.912 bits per heavy atom. The number of nitrogens with zero attached hydrogens (tertiary/aromatic N) is 3. The van der Waals surface area contributed by atoms with Crippen LogP contribution in [0.15, 0.2) is 78.6 Å². The highest BCUT2D eigenvalue weighted by Crippen LogP contribution is 2.51. The first-order valence-electron chi connectivity index (χ1n) is 10.8. The predicted molar refractivity (Wildman–Crippen MR) is 124 cm³/mol. The van der Waals surface area contributed by atoms with Gasteiger partial charge in [-0.2, -0.15) is 10.1 Å². The molecule has 2 unspecified atom stereocenters. The second kappa shape index (κ2) is 7.91. The van der Waals surface area contributed by atoms with E-state index in [-0.39, 0.29) is 11.9 Å². The molecule has 0 amide bonds. The molecule has 1 N–H and O–H groups in total. The predicted octanol–water partition coefficient (Wildman–Crippen LogP) is 4.99. The molecule has 0 spiro atoms. The van der Waals surface area contributed by atoms with E-state index in [1.165, 1.54) is 18.5 Å². The van der Waals surface area contributed by atoms with Crippen molar-refractivity contribution < 1.29 is 18.6 Å². The highest BCUT2D eigenvalue weighted by atomic mass is 19.1. The molecule has 2 atom stereocenters. The molecule has 34 heavy (non-hydrogen) atoms. The molecule has 3 heterocycles. The van der Waals surface area contributed by atoms with E-state index in [2.05, 4.69) is 15.4 Å². The average Bonchev–Trinajstić information content (AvgIpc) is 3.36. The molecule has 0 saturated heterocycles. The SMILES string of the molecule is COc1ccc(C2Oc3ccc(OC)cc3C3=C2C(c2ccc(F)cc2)n2ncnc2N3)cc1. The summed E-state index contributed by atoms with van der Waals surface area (Å²) in [6.07, 6.45) is 1.08. The van der Waals surface area contributed by atoms with Crippen LogP contribution in [-0.4, -0.2) is 29.0 Å². The maximum absolute atomic E-state index is 13.8. The van der Waals surface area contributed by atoms with Crippen molar-refractivity contribution in [1.29, 1.82) is 0 Å². The molecule has 8 heteroatoms. The molecule has 7 nitrogen and oxygen atoms in total. The van der Waals surface area contributed by atoms with Crippen molar-refractivity contribution in [3.8, 4) is 17.2 Å².